The number of carbonyl (C=O) groups is 1. The number of nitrogens with zero attached hydrogens (tertiary/aromatic N) is 2. The molecule has 3 rings (SSSR count). The minimum absolute atomic E-state index is 0.253. The molecule has 0 saturated heterocycles. The summed E-state index contributed by atoms with van der Waals surface area (Å²) in [6.07, 6.45) is 0. The first-order chi connectivity index (χ1) is 11.1. The van der Waals surface area contributed by atoms with Gasteiger partial charge in [-0.05, 0) is 30.3 Å². The van der Waals surface area contributed by atoms with Crippen molar-refractivity contribution in [2.24, 2.45) is 7.05 Å². The molecule has 1 amide bonds. The van der Waals surface area contributed by atoms with Crippen molar-refractivity contribution in [3.63, 3.8) is 0 Å². The van der Waals surface area contributed by atoms with E-state index in [1.807, 2.05) is 35.9 Å². The third kappa shape index (κ3) is 3.00. The van der Waals surface area contributed by atoms with Crippen molar-refractivity contribution in [1.82, 2.24) is 14.9 Å². The summed E-state index contributed by atoms with van der Waals surface area (Å²) in [5.74, 6) is 1.01. The number of aryl methyl sites for hydroxylation is 1. The molecule has 0 bridgehead atoms. The van der Waals surface area contributed by atoms with Gasteiger partial charge in [0.15, 0.2) is 0 Å². The van der Waals surface area contributed by atoms with E-state index in [1.54, 1.807) is 18.2 Å². The zero-order chi connectivity index (χ0) is 16.4. The van der Waals surface area contributed by atoms with Crippen molar-refractivity contribution in [3.8, 4) is 5.75 Å². The summed E-state index contributed by atoms with van der Waals surface area (Å²) in [7, 11) is 3.45. The van der Waals surface area contributed by atoms with Crippen LogP contribution in [0, 0.1) is 0 Å². The van der Waals surface area contributed by atoms with Gasteiger partial charge in [0.25, 0.3) is 5.91 Å². The minimum Gasteiger partial charge on any atom is -0.496 e. The Morgan fingerprint density at radius 1 is 1.30 bits per heavy atom. The van der Waals surface area contributed by atoms with E-state index in [0.29, 0.717) is 22.9 Å². The van der Waals surface area contributed by atoms with Crippen molar-refractivity contribution < 1.29 is 9.53 Å². The van der Waals surface area contributed by atoms with Crippen molar-refractivity contribution in [2.45, 2.75) is 6.54 Å². The van der Waals surface area contributed by atoms with Crippen molar-refractivity contribution in [1.29, 1.82) is 0 Å². The lowest BCUT2D eigenvalue weighted by molar-refractivity contribution is 0.0946. The van der Waals surface area contributed by atoms with E-state index in [4.69, 9.17) is 16.3 Å². The first-order valence-corrected chi connectivity index (χ1v) is 7.50. The van der Waals surface area contributed by atoms with Gasteiger partial charge in [-0.1, -0.05) is 23.7 Å². The average Bonchev–Trinajstić information content (AvgIpc) is 2.89. The van der Waals surface area contributed by atoms with Gasteiger partial charge < -0.3 is 14.6 Å². The Labute approximate surface area is 138 Å². The lowest BCUT2D eigenvalue weighted by atomic mass is 10.2. The van der Waals surface area contributed by atoms with Crippen LogP contribution in [0.15, 0.2) is 42.5 Å². The lowest BCUT2D eigenvalue weighted by Gasteiger charge is -2.09. The van der Waals surface area contributed by atoms with E-state index in [0.717, 1.165) is 16.9 Å². The van der Waals surface area contributed by atoms with Gasteiger partial charge in [0.1, 0.15) is 11.6 Å². The van der Waals surface area contributed by atoms with Gasteiger partial charge in [-0.15, -0.1) is 0 Å². The molecule has 3 aromatic rings. The standard InChI is InChI=1S/C17H16ClN3O2/c1-21-14-6-4-3-5-13(14)20-16(21)10-19-17(22)12-9-11(18)7-8-15(12)23-2/h3-9H,10H2,1-2H3,(H,19,22). The maximum Gasteiger partial charge on any atom is 0.255 e. The molecule has 0 aliphatic heterocycles. The number of amides is 1. The molecule has 1 heterocycles. The number of ether oxygens (including phenoxy) is 1. The van der Waals surface area contributed by atoms with Crippen molar-refractivity contribution in [3.05, 3.63) is 58.9 Å². The van der Waals surface area contributed by atoms with Gasteiger partial charge in [0.2, 0.25) is 0 Å². The molecule has 2 aromatic carbocycles. The first-order valence-electron chi connectivity index (χ1n) is 7.12. The summed E-state index contributed by atoms with van der Waals surface area (Å²) < 4.78 is 7.17. The third-order valence-corrected chi connectivity index (χ3v) is 3.93. The highest BCUT2D eigenvalue weighted by Gasteiger charge is 2.14. The Morgan fingerprint density at radius 2 is 2.09 bits per heavy atom. The molecule has 0 fully saturated rings. The number of methoxy groups -OCH3 is 1. The zero-order valence-corrected chi connectivity index (χ0v) is 13.6. The molecule has 118 valence electrons. The molecule has 0 atom stereocenters. The number of benzene rings is 2. The van der Waals surface area contributed by atoms with Gasteiger partial charge in [0.05, 0.1) is 30.3 Å². The van der Waals surface area contributed by atoms with Crippen LogP contribution in [0.5, 0.6) is 5.75 Å². The predicted molar refractivity (Wildman–Crippen MR) is 89.9 cm³/mol. The number of halogens is 1. The summed E-state index contributed by atoms with van der Waals surface area (Å²) in [4.78, 5) is 16.9. The lowest BCUT2D eigenvalue weighted by Crippen LogP contribution is -2.24. The summed E-state index contributed by atoms with van der Waals surface area (Å²) >= 11 is 5.96. The smallest absolute Gasteiger partial charge is 0.255 e. The Kier molecular flexibility index (Phi) is 4.21. The number of aromatic nitrogens is 2. The summed E-state index contributed by atoms with van der Waals surface area (Å²) in [5.41, 5.74) is 2.33. The van der Waals surface area contributed by atoms with Crippen LogP contribution in [0.25, 0.3) is 11.0 Å². The molecule has 0 radical (unpaired) electrons. The topological polar surface area (TPSA) is 56.1 Å². The molecule has 0 aliphatic carbocycles. The number of hydrogen-bond donors (Lipinski definition) is 1. The first kappa shape index (κ1) is 15.4. The Hall–Kier alpha value is -2.53. The molecule has 1 aromatic heterocycles. The SMILES string of the molecule is COc1ccc(Cl)cc1C(=O)NCc1nc2ccccc2n1C. The second-order valence-electron chi connectivity index (χ2n) is 5.10. The molecule has 6 heteroatoms. The predicted octanol–water partition coefficient (Wildman–Crippen LogP) is 3.17. The van der Waals surface area contributed by atoms with Crippen LogP contribution in [0.2, 0.25) is 5.02 Å². The second kappa shape index (κ2) is 6.30. The van der Waals surface area contributed by atoms with Gasteiger partial charge in [0, 0.05) is 12.1 Å². The van der Waals surface area contributed by atoms with Gasteiger partial charge in [-0.25, -0.2) is 4.98 Å². The highest BCUT2D eigenvalue weighted by molar-refractivity contribution is 6.31. The highest BCUT2D eigenvalue weighted by atomic mass is 35.5. The van der Waals surface area contributed by atoms with Crippen molar-refractivity contribution >= 4 is 28.5 Å². The maximum atomic E-state index is 12.4. The number of nitrogens with one attached hydrogen (secondary N) is 1. The second-order valence-corrected chi connectivity index (χ2v) is 5.54. The fraction of sp³-hybridized carbons (Fsp3) is 0.176. The number of para-hydroxylation sites is 2. The number of carbonyl (C=O) groups excluding carboxylic acids is 1. The molecule has 0 aliphatic rings. The summed E-state index contributed by atoms with van der Waals surface area (Å²) in [6, 6.07) is 12.8. The quantitative estimate of drug-likeness (QED) is 0.800. The fourth-order valence-electron chi connectivity index (χ4n) is 2.47. The zero-order valence-electron chi connectivity index (χ0n) is 12.8. The molecule has 1 N–H and O–H groups in total. The highest BCUT2D eigenvalue weighted by Crippen LogP contribution is 2.22. The summed E-state index contributed by atoms with van der Waals surface area (Å²) in [6.45, 7) is 0.319. The summed E-state index contributed by atoms with van der Waals surface area (Å²) in [5, 5.41) is 3.34. The van der Waals surface area contributed by atoms with E-state index in [2.05, 4.69) is 10.3 Å². The monoisotopic (exact) mass is 329 g/mol. The molecule has 0 unspecified atom stereocenters. The Morgan fingerprint density at radius 3 is 2.83 bits per heavy atom. The largest absolute Gasteiger partial charge is 0.496 e. The molecule has 23 heavy (non-hydrogen) atoms. The van der Waals surface area contributed by atoms with Crippen LogP contribution < -0.4 is 10.1 Å². The van der Waals surface area contributed by atoms with E-state index in [-0.39, 0.29) is 5.91 Å². The number of imidazole rings is 1. The molecular weight excluding hydrogens is 314 g/mol. The van der Waals surface area contributed by atoms with Gasteiger partial charge in [-0.3, -0.25) is 4.79 Å². The molecule has 5 nitrogen and oxygen atoms in total. The normalized spacial score (nSPS) is 10.7. The van der Waals surface area contributed by atoms with Crippen LogP contribution in [0.4, 0.5) is 0 Å². The van der Waals surface area contributed by atoms with Crippen molar-refractivity contribution in [2.75, 3.05) is 7.11 Å². The maximum absolute atomic E-state index is 12.4. The molecule has 0 saturated carbocycles. The van der Waals surface area contributed by atoms with Crippen LogP contribution in [0.1, 0.15) is 16.2 Å². The average molecular weight is 330 g/mol. The van der Waals surface area contributed by atoms with Crippen LogP contribution in [-0.2, 0) is 13.6 Å². The molecular formula is C17H16ClN3O2. The van der Waals surface area contributed by atoms with E-state index in [9.17, 15) is 4.79 Å². The Bertz CT molecular complexity index is 873. The number of fused-ring (bicyclic) bond motifs is 1. The van der Waals surface area contributed by atoms with Crippen LogP contribution >= 0.6 is 11.6 Å². The number of rotatable bonds is 4. The Balaban J connectivity index is 1.81. The molecule has 0 spiro atoms. The minimum atomic E-state index is -0.253. The van der Waals surface area contributed by atoms with E-state index >= 15 is 0 Å². The number of hydrogen-bond acceptors (Lipinski definition) is 3. The van der Waals surface area contributed by atoms with E-state index < -0.39 is 0 Å². The van der Waals surface area contributed by atoms with Crippen LogP contribution in [-0.4, -0.2) is 22.6 Å². The van der Waals surface area contributed by atoms with Crippen LogP contribution in [0.3, 0.4) is 0 Å². The van der Waals surface area contributed by atoms with Gasteiger partial charge in [-0.2, -0.15) is 0 Å². The third-order valence-electron chi connectivity index (χ3n) is 3.69. The van der Waals surface area contributed by atoms with Gasteiger partial charge >= 0.3 is 0 Å². The fourth-order valence-corrected chi connectivity index (χ4v) is 2.64. The van der Waals surface area contributed by atoms with E-state index in [1.165, 1.54) is 7.11 Å².